The van der Waals surface area contributed by atoms with E-state index in [9.17, 15) is 13.6 Å². The number of benzene rings is 2. The Balaban J connectivity index is 2.51. The second-order valence-electron chi connectivity index (χ2n) is 4.01. The molecule has 0 radical (unpaired) electrons. The van der Waals surface area contributed by atoms with Crippen LogP contribution < -0.4 is 0 Å². The van der Waals surface area contributed by atoms with Crippen LogP contribution in [0.15, 0.2) is 42.5 Å². The van der Waals surface area contributed by atoms with E-state index in [4.69, 9.17) is 23.2 Å². The minimum atomic E-state index is -0.848. The fourth-order valence-electron chi connectivity index (χ4n) is 1.67. The predicted octanol–water partition coefficient (Wildman–Crippen LogP) is 4.92. The zero-order valence-corrected chi connectivity index (χ0v) is 11.6. The Labute approximate surface area is 124 Å². The summed E-state index contributed by atoms with van der Waals surface area (Å²) in [6.45, 7) is 0. The van der Waals surface area contributed by atoms with E-state index in [1.807, 2.05) is 0 Å². The zero-order valence-electron chi connectivity index (χ0n) is 10.0. The van der Waals surface area contributed by atoms with Gasteiger partial charge in [0.1, 0.15) is 11.6 Å². The second-order valence-corrected chi connectivity index (χ2v) is 4.79. The van der Waals surface area contributed by atoms with Crippen LogP contribution in [0.2, 0.25) is 5.02 Å². The van der Waals surface area contributed by atoms with E-state index >= 15 is 0 Å². The highest BCUT2D eigenvalue weighted by atomic mass is 35.5. The van der Waals surface area contributed by atoms with Gasteiger partial charge in [-0.2, -0.15) is 0 Å². The highest BCUT2D eigenvalue weighted by Gasteiger charge is 2.14. The molecule has 0 atom stereocenters. The van der Waals surface area contributed by atoms with Crippen molar-refractivity contribution in [1.82, 2.24) is 0 Å². The van der Waals surface area contributed by atoms with Gasteiger partial charge in [-0.25, -0.2) is 8.78 Å². The summed E-state index contributed by atoms with van der Waals surface area (Å²) < 4.78 is 26.6. The van der Waals surface area contributed by atoms with Crippen LogP contribution in [0.1, 0.15) is 11.1 Å². The molecule has 0 heterocycles. The minimum absolute atomic E-state index is 0.0495. The molecule has 20 heavy (non-hydrogen) atoms. The minimum Gasteiger partial charge on any atom is -0.276 e. The van der Waals surface area contributed by atoms with Crippen LogP contribution in [0.5, 0.6) is 0 Å². The second kappa shape index (κ2) is 6.16. The smallest absolute Gasteiger partial charge is 0.253 e. The first-order valence-corrected chi connectivity index (χ1v) is 6.35. The van der Waals surface area contributed by atoms with Crippen molar-refractivity contribution in [2.75, 3.05) is 0 Å². The van der Waals surface area contributed by atoms with E-state index in [0.717, 1.165) is 6.07 Å². The van der Waals surface area contributed by atoms with Gasteiger partial charge in [0.05, 0.1) is 0 Å². The van der Waals surface area contributed by atoms with E-state index in [-0.39, 0.29) is 11.1 Å². The molecule has 0 saturated heterocycles. The highest BCUT2D eigenvalue weighted by Crippen LogP contribution is 2.24. The number of hydrogen-bond acceptors (Lipinski definition) is 1. The van der Waals surface area contributed by atoms with Crippen LogP contribution in [0.4, 0.5) is 8.78 Å². The molecule has 0 aliphatic rings. The molecule has 0 saturated carbocycles. The fourth-order valence-corrected chi connectivity index (χ4v) is 1.96. The van der Waals surface area contributed by atoms with E-state index in [1.54, 1.807) is 24.3 Å². The molecule has 2 aromatic rings. The standard InChI is InChI=1S/C15H8Cl2F2O/c16-10-3-1-9(2-4-10)7-13(15(17)20)12-6-5-11(18)8-14(12)19/h1-8H/b13-7+. The molecule has 2 aromatic carbocycles. The largest absolute Gasteiger partial charge is 0.276 e. The van der Waals surface area contributed by atoms with Crippen molar-refractivity contribution in [1.29, 1.82) is 0 Å². The van der Waals surface area contributed by atoms with E-state index in [0.29, 0.717) is 16.7 Å². The van der Waals surface area contributed by atoms with Gasteiger partial charge in [-0.05, 0) is 47.5 Å². The van der Waals surface area contributed by atoms with Crippen LogP contribution in [0.3, 0.4) is 0 Å². The number of carbonyl (C=O) groups is 1. The number of rotatable bonds is 3. The number of allylic oxidation sites excluding steroid dienone is 1. The van der Waals surface area contributed by atoms with Crippen molar-refractivity contribution in [2.45, 2.75) is 0 Å². The molecule has 0 bridgehead atoms. The quantitative estimate of drug-likeness (QED) is 0.446. The van der Waals surface area contributed by atoms with Crippen molar-refractivity contribution in [3.8, 4) is 0 Å². The summed E-state index contributed by atoms with van der Waals surface area (Å²) in [6, 6.07) is 9.51. The third kappa shape index (κ3) is 3.44. The Kier molecular flexibility index (Phi) is 4.53. The van der Waals surface area contributed by atoms with Crippen LogP contribution in [0.25, 0.3) is 11.6 Å². The molecule has 0 aliphatic carbocycles. The fraction of sp³-hybridized carbons (Fsp3) is 0. The molecule has 0 amide bonds. The molecule has 0 spiro atoms. The van der Waals surface area contributed by atoms with Crippen LogP contribution in [-0.2, 0) is 4.79 Å². The Hall–Kier alpha value is -1.71. The van der Waals surface area contributed by atoms with Crippen molar-refractivity contribution in [3.05, 3.63) is 70.2 Å². The first kappa shape index (κ1) is 14.7. The number of halogens is 4. The van der Waals surface area contributed by atoms with Gasteiger partial charge in [-0.1, -0.05) is 23.7 Å². The topological polar surface area (TPSA) is 17.1 Å². The molecule has 5 heteroatoms. The lowest BCUT2D eigenvalue weighted by atomic mass is 10.0. The van der Waals surface area contributed by atoms with Gasteiger partial charge < -0.3 is 0 Å². The molecule has 102 valence electrons. The predicted molar refractivity (Wildman–Crippen MR) is 76.5 cm³/mol. The number of carbonyl (C=O) groups excluding carboxylic acids is 1. The summed E-state index contributed by atoms with van der Waals surface area (Å²) in [5.74, 6) is -1.57. The van der Waals surface area contributed by atoms with Gasteiger partial charge in [-0.3, -0.25) is 4.79 Å². The summed E-state index contributed by atoms with van der Waals surface area (Å²) in [4.78, 5) is 11.5. The first-order valence-electron chi connectivity index (χ1n) is 5.60. The van der Waals surface area contributed by atoms with Crippen molar-refractivity contribution >= 4 is 40.1 Å². The molecular formula is C15H8Cl2F2O. The van der Waals surface area contributed by atoms with Crippen LogP contribution >= 0.6 is 23.2 Å². The van der Waals surface area contributed by atoms with E-state index < -0.39 is 16.9 Å². The highest BCUT2D eigenvalue weighted by molar-refractivity contribution is 6.75. The molecule has 0 fully saturated rings. The normalized spacial score (nSPS) is 11.5. The molecule has 0 unspecified atom stereocenters. The summed E-state index contributed by atoms with van der Waals surface area (Å²) in [5.41, 5.74) is 0.523. The van der Waals surface area contributed by atoms with Crippen molar-refractivity contribution < 1.29 is 13.6 Å². The monoisotopic (exact) mass is 312 g/mol. The lowest BCUT2D eigenvalue weighted by Gasteiger charge is -2.05. The maximum atomic E-state index is 13.7. The SMILES string of the molecule is O=C(Cl)/C(=C/c1ccc(Cl)cc1)c1ccc(F)cc1F. The van der Waals surface area contributed by atoms with Crippen LogP contribution in [-0.4, -0.2) is 5.24 Å². The van der Waals surface area contributed by atoms with Gasteiger partial charge in [0.15, 0.2) is 0 Å². The third-order valence-electron chi connectivity index (χ3n) is 2.61. The van der Waals surface area contributed by atoms with Gasteiger partial charge >= 0.3 is 0 Å². The molecular weight excluding hydrogens is 305 g/mol. The summed E-state index contributed by atoms with van der Waals surface area (Å²) in [6.07, 6.45) is 1.42. The lowest BCUT2D eigenvalue weighted by Crippen LogP contribution is -1.97. The summed E-state index contributed by atoms with van der Waals surface area (Å²) in [7, 11) is 0. The van der Waals surface area contributed by atoms with E-state index in [2.05, 4.69) is 0 Å². The Morgan fingerprint density at radius 3 is 2.25 bits per heavy atom. The maximum Gasteiger partial charge on any atom is 0.253 e. The van der Waals surface area contributed by atoms with Crippen molar-refractivity contribution in [3.63, 3.8) is 0 Å². The Bertz CT molecular complexity index is 679. The molecule has 0 N–H and O–H groups in total. The molecule has 0 aliphatic heterocycles. The van der Waals surface area contributed by atoms with Crippen molar-refractivity contribution in [2.24, 2.45) is 0 Å². The maximum absolute atomic E-state index is 13.7. The Morgan fingerprint density at radius 2 is 1.70 bits per heavy atom. The van der Waals surface area contributed by atoms with Gasteiger partial charge in [0, 0.05) is 22.2 Å². The Morgan fingerprint density at radius 1 is 1.05 bits per heavy atom. The molecule has 0 aromatic heterocycles. The van der Waals surface area contributed by atoms with Gasteiger partial charge in [0.2, 0.25) is 0 Å². The summed E-state index contributed by atoms with van der Waals surface area (Å²) in [5, 5.41) is -0.292. The molecule has 2 rings (SSSR count). The van der Waals surface area contributed by atoms with E-state index in [1.165, 1.54) is 12.1 Å². The number of hydrogen-bond donors (Lipinski definition) is 0. The third-order valence-corrected chi connectivity index (χ3v) is 3.07. The first-order chi connectivity index (χ1) is 9.47. The summed E-state index contributed by atoms with van der Waals surface area (Å²) >= 11 is 11.2. The average molecular weight is 313 g/mol. The lowest BCUT2D eigenvalue weighted by molar-refractivity contribution is -0.106. The average Bonchev–Trinajstić information content (AvgIpc) is 2.39. The molecule has 1 nitrogen and oxygen atoms in total. The zero-order chi connectivity index (χ0) is 14.7. The van der Waals surface area contributed by atoms with Gasteiger partial charge in [-0.15, -0.1) is 0 Å². The van der Waals surface area contributed by atoms with Gasteiger partial charge in [0.25, 0.3) is 5.24 Å². The van der Waals surface area contributed by atoms with Crippen LogP contribution in [0, 0.1) is 11.6 Å².